The molecule has 0 bridgehead atoms. The van der Waals surface area contributed by atoms with E-state index in [1.54, 1.807) is 0 Å². The average Bonchev–Trinajstić information content (AvgIpc) is 2.84. The van der Waals surface area contributed by atoms with E-state index < -0.39 is 0 Å². The first kappa shape index (κ1) is 12.1. The molecule has 1 saturated heterocycles. The molecular weight excluding hydrogens is 226 g/mol. The van der Waals surface area contributed by atoms with Crippen LogP contribution in [0.3, 0.4) is 0 Å². The molecule has 2 N–H and O–H groups in total. The Morgan fingerprint density at radius 1 is 1.22 bits per heavy atom. The highest BCUT2D eigenvalue weighted by molar-refractivity contribution is 5.05. The maximum absolute atomic E-state index is 6.12. The minimum absolute atomic E-state index is 0.0821. The van der Waals surface area contributed by atoms with Gasteiger partial charge in [0.2, 0.25) is 0 Å². The predicted octanol–water partition coefficient (Wildman–Crippen LogP) is 1.62. The molecule has 1 aromatic heterocycles. The van der Waals surface area contributed by atoms with Gasteiger partial charge in [0.1, 0.15) is 5.82 Å². The predicted molar refractivity (Wildman–Crippen MR) is 70.0 cm³/mol. The molecule has 2 aliphatic rings. The molecule has 1 aromatic rings. The van der Waals surface area contributed by atoms with Crippen LogP contribution in [-0.2, 0) is 6.54 Å². The van der Waals surface area contributed by atoms with Crippen LogP contribution in [0.4, 0.5) is 0 Å². The Morgan fingerprint density at radius 2 is 2.11 bits per heavy atom. The summed E-state index contributed by atoms with van der Waals surface area (Å²) in [6, 6.07) is 0.493. The molecule has 0 aromatic carbocycles. The second kappa shape index (κ2) is 4.97. The van der Waals surface area contributed by atoms with Crippen LogP contribution in [0.5, 0.6) is 0 Å². The van der Waals surface area contributed by atoms with Crippen molar-refractivity contribution in [2.24, 2.45) is 5.73 Å². The van der Waals surface area contributed by atoms with Crippen molar-refractivity contribution in [3.8, 4) is 0 Å². The van der Waals surface area contributed by atoms with E-state index in [1.807, 2.05) is 4.68 Å². The maximum atomic E-state index is 6.12. The Balaban J connectivity index is 1.87. The van der Waals surface area contributed by atoms with Crippen LogP contribution in [0, 0.1) is 0 Å². The molecular formula is C13H23N5. The molecule has 0 aliphatic carbocycles. The zero-order valence-corrected chi connectivity index (χ0v) is 11.2. The van der Waals surface area contributed by atoms with Gasteiger partial charge in [-0.3, -0.25) is 4.90 Å². The molecule has 0 radical (unpaired) electrons. The molecule has 0 saturated carbocycles. The number of piperidine rings is 1. The number of nitrogens with two attached hydrogens (primary N) is 1. The number of rotatable bonds is 2. The summed E-state index contributed by atoms with van der Waals surface area (Å²) in [5.74, 6) is 2.00. The van der Waals surface area contributed by atoms with Gasteiger partial charge in [-0.05, 0) is 38.8 Å². The molecule has 3 heterocycles. The number of aromatic nitrogens is 3. The van der Waals surface area contributed by atoms with Crippen molar-refractivity contribution >= 4 is 0 Å². The van der Waals surface area contributed by atoms with E-state index in [1.165, 1.54) is 25.8 Å². The monoisotopic (exact) mass is 249 g/mol. The van der Waals surface area contributed by atoms with Gasteiger partial charge in [-0.25, -0.2) is 9.67 Å². The molecule has 2 atom stereocenters. The topological polar surface area (TPSA) is 60.0 Å². The standard InChI is InChI=1S/C13H23N5/c1-2-17-8-4-3-7-11(17)12-15-13-10(14)6-5-9-18(13)16-12/h10-11H,2-9,14H2,1H3. The number of hydrogen-bond donors (Lipinski definition) is 1. The fourth-order valence-corrected chi connectivity index (χ4v) is 3.20. The van der Waals surface area contributed by atoms with Crippen LogP contribution < -0.4 is 5.73 Å². The highest BCUT2D eigenvalue weighted by atomic mass is 15.4. The Hall–Kier alpha value is -0.940. The minimum Gasteiger partial charge on any atom is -0.321 e. The largest absolute Gasteiger partial charge is 0.321 e. The maximum Gasteiger partial charge on any atom is 0.168 e. The van der Waals surface area contributed by atoms with E-state index in [9.17, 15) is 0 Å². The highest BCUT2D eigenvalue weighted by Gasteiger charge is 2.29. The van der Waals surface area contributed by atoms with E-state index in [4.69, 9.17) is 15.8 Å². The lowest BCUT2D eigenvalue weighted by atomic mass is 10.0. The van der Waals surface area contributed by atoms with E-state index in [0.717, 1.165) is 37.6 Å². The number of likely N-dealkylation sites (tertiary alicyclic amines) is 1. The van der Waals surface area contributed by atoms with Crippen molar-refractivity contribution in [3.63, 3.8) is 0 Å². The molecule has 1 fully saturated rings. The normalized spacial score (nSPS) is 29.2. The molecule has 5 heteroatoms. The summed E-state index contributed by atoms with van der Waals surface area (Å²) in [5, 5.41) is 4.71. The zero-order chi connectivity index (χ0) is 12.5. The van der Waals surface area contributed by atoms with Crippen molar-refractivity contribution in [1.29, 1.82) is 0 Å². The SMILES string of the molecule is CCN1CCCCC1c1nc2n(n1)CCCC2N. The van der Waals surface area contributed by atoms with Crippen LogP contribution in [0.1, 0.15) is 62.8 Å². The summed E-state index contributed by atoms with van der Waals surface area (Å²) in [5.41, 5.74) is 6.12. The van der Waals surface area contributed by atoms with Gasteiger partial charge < -0.3 is 5.73 Å². The Kier molecular flexibility index (Phi) is 3.35. The molecule has 0 amide bonds. The van der Waals surface area contributed by atoms with Crippen LogP contribution >= 0.6 is 0 Å². The first-order valence-corrected chi connectivity index (χ1v) is 7.24. The van der Waals surface area contributed by atoms with Gasteiger partial charge in [0, 0.05) is 6.54 Å². The lowest BCUT2D eigenvalue weighted by Gasteiger charge is -2.32. The second-order valence-electron chi connectivity index (χ2n) is 5.44. The first-order valence-electron chi connectivity index (χ1n) is 7.24. The average molecular weight is 249 g/mol. The molecule has 100 valence electrons. The lowest BCUT2D eigenvalue weighted by Crippen LogP contribution is -2.33. The van der Waals surface area contributed by atoms with Gasteiger partial charge in [-0.1, -0.05) is 13.3 Å². The Morgan fingerprint density at radius 3 is 2.89 bits per heavy atom. The van der Waals surface area contributed by atoms with E-state index >= 15 is 0 Å². The zero-order valence-electron chi connectivity index (χ0n) is 11.2. The fraction of sp³-hybridized carbons (Fsp3) is 0.846. The van der Waals surface area contributed by atoms with Gasteiger partial charge in [0.25, 0.3) is 0 Å². The number of fused-ring (bicyclic) bond motifs is 1. The minimum atomic E-state index is 0.0821. The smallest absolute Gasteiger partial charge is 0.168 e. The second-order valence-corrected chi connectivity index (χ2v) is 5.44. The summed E-state index contributed by atoms with van der Waals surface area (Å²) in [6.45, 7) is 5.46. The summed E-state index contributed by atoms with van der Waals surface area (Å²) >= 11 is 0. The molecule has 18 heavy (non-hydrogen) atoms. The fourth-order valence-electron chi connectivity index (χ4n) is 3.20. The highest BCUT2D eigenvalue weighted by Crippen LogP contribution is 2.30. The van der Waals surface area contributed by atoms with Gasteiger partial charge >= 0.3 is 0 Å². The molecule has 0 spiro atoms. The van der Waals surface area contributed by atoms with Gasteiger partial charge in [-0.15, -0.1) is 0 Å². The van der Waals surface area contributed by atoms with Crippen molar-refractivity contribution in [1.82, 2.24) is 19.7 Å². The Labute approximate surface area is 108 Å². The van der Waals surface area contributed by atoms with Gasteiger partial charge in [-0.2, -0.15) is 5.10 Å². The van der Waals surface area contributed by atoms with E-state index in [-0.39, 0.29) is 6.04 Å². The quantitative estimate of drug-likeness (QED) is 0.865. The first-order chi connectivity index (χ1) is 8.79. The third kappa shape index (κ3) is 2.06. The van der Waals surface area contributed by atoms with Crippen LogP contribution in [0.15, 0.2) is 0 Å². The third-order valence-electron chi connectivity index (χ3n) is 4.25. The number of hydrogen-bond acceptors (Lipinski definition) is 4. The number of aryl methyl sites for hydroxylation is 1. The molecule has 3 rings (SSSR count). The van der Waals surface area contributed by atoms with Crippen molar-refractivity contribution in [2.75, 3.05) is 13.1 Å². The summed E-state index contributed by atoms with van der Waals surface area (Å²) < 4.78 is 2.03. The molecule has 5 nitrogen and oxygen atoms in total. The van der Waals surface area contributed by atoms with Crippen molar-refractivity contribution < 1.29 is 0 Å². The van der Waals surface area contributed by atoms with Gasteiger partial charge in [0.05, 0.1) is 12.1 Å². The van der Waals surface area contributed by atoms with E-state index in [2.05, 4.69) is 11.8 Å². The Bertz CT molecular complexity index is 414. The lowest BCUT2D eigenvalue weighted by molar-refractivity contribution is 0.150. The van der Waals surface area contributed by atoms with Crippen LogP contribution in [-0.4, -0.2) is 32.8 Å². The molecule has 2 aliphatic heterocycles. The summed E-state index contributed by atoms with van der Waals surface area (Å²) in [6.07, 6.45) is 5.94. The van der Waals surface area contributed by atoms with E-state index in [0.29, 0.717) is 6.04 Å². The van der Waals surface area contributed by atoms with Crippen LogP contribution in [0.25, 0.3) is 0 Å². The third-order valence-corrected chi connectivity index (χ3v) is 4.25. The molecule has 2 unspecified atom stereocenters. The van der Waals surface area contributed by atoms with Crippen molar-refractivity contribution in [2.45, 2.75) is 57.7 Å². The summed E-state index contributed by atoms with van der Waals surface area (Å²) in [4.78, 5) is 7.24. The van der Waals surface area contributed by atoms with Gasteiger partial charge in [0.15, 0.2) is 5.82 Å². The summed E-state index contributed by atoms with van der Waals surface area (Å²) in [7, 11) is 0. The van der Waals surface area contributed by atoms with Crippen LogP contribution in [0.2, 0.25) is 0 Å². The number of nitrogens with zero attached hydrogens (tertiary/aromatic N) is 4. The van der Waals surface area contributed by atoms with Crippen molar-refractivity contribution in [3.05, 3.63) is 11.6 Å².